The van der Waals surface area contributed by atoms with Gasteiger partial charge in [0.05, 0.1) is 6.61 Å². The van der Waals surface area contributed by atoms with Crippen LogP contribution in [-0.2, 0) is 9.53 Å². The van der Waals surface area contributed by atoms with Crippen molar-refractivity contribution in [2.24, 2.45) is 0 Å². The molecule has 0 aromatic heterocycles. The second kappa shape index (κ2) is 12.8. The summed E-state index contributed by atoms with van der Waals surface area (Å²) in [5, 5.41) is 0. The molecule has 0 amide bonds. The Morgan fingerprint density at radius 1 is 1.55 bits per heavy atom. The average molecular weight is 167 g/mol. The Morgan fingerprint density at radius 2 is 2.09 bits per heavy atom. The van der Waals surface area contributed by atoms with Gasteiger partial charge in [0.15, 0.2) is 0 Å². The largest absolute Gasteiger partial charge is 1.00 e. The molecule has 0 aromatic carbocycles. The number of allylic oxidation sites excluding steroid dienone is 1. The van der Waals surface area contributed by atoms with Crippen molar-refractivity contribution in [2.75, 3.05) is 6.61 Å². The molecule has 4 heteroatoms. The predicted molar refractivity (Wildman–Crippen MR) is 36.7 cm³/mol. The minimum atomic E-state index is -0.376. The summed E-state index contributed by atoms with van der Waals surface area (Å²) in [6.07, 6.45) is 4.92. The Bertz CT molecular complexity index is 112. The Hall–Kier alpha value is 0.170. The molecule has 0 rings (SSSR count). The van der Waals surface area contributed by atoms with E-state index in [2.05, 4.69) is 10.8 Å². The van der Waals surface area contributed by atoms with Gasteiger partial charge in [-0.25, -0.2) is 0 Å². The summed E-state index contributed by atoms with van der Waals surface area (Å²) < 4.78 is 4.56. The van der Waals surface area contributed by atoms with Gasteiger partial charge >= 0.3 is 29.6 Å². The molecular formula is C7H12NaO3-. The van der Waals surface area contributed by atoms with Crippen molar-refractivity contribution < 1.29 is 44.6 Å². The molecule has 1 N–H and O–H groups in total. The van der Waals surface area contributed by atoms with E-state index in [1.807, 2.05) is 6.92 Å². The summed E-state index contributed by atoms with van der Waals surface area (Å²) >= 11 is 0. The van der Waals surface area contributed by atoms with Gasteiger partial charge in [0.2, 0.25) is 0 Å². The van der Waals surface area contributed by atoms with Crippen LogP contribution < -0.4 is 29.6 Å². The van der Waals surface area contributed by atoms with Crippen molar-refractivity contribution in [1.29, 1.82) is 0 Å². The average Bonchev–Trinajstić information content (AvgIpc) is 1.85. The normalized spacial score (nSPS) is 8.18. The molecule has 0 aliphatic heterocycles. The van der Waals surface area contributed by atoms with Gasteiger partial charge < -0.3 is 16.3 Å². The van der Waals surface area contributed by atoms with E-state index in [1.165, 1.54) is 0 Å². The second-order valence-electron chi connectivity index (χ2n) is 1.48. The molecule has 0 aromatic rings. The van der Waals surface area contributed by atoms with E-state index in [1.54, 1.807) is 13.0 Å². The van der Waals surface area contributed by atoms with Gasteiger partial charge in [0.1, 0.15) is 5.97 Å². The molecule has 0 saturated carbocycles. The molecule has 0 bridgehead atoms. The summed E-state index contributed by atoms with van der Waals surface area (Å²) in [4.78, 5) is 10.4. The number of hydrogen-bond donors (Lipinski definition) is 0. The molecule has 60 valence electrons. The number of carbonyl (C=O) groups excluding carboxylic acids is 1. The van der Waals surface area contributed by atoms with Crippen LogP contribution >= 0.6 is 0 Å². The summed E-state index contributed by atoms with van der Waals surface area (Å²) in [7, 11) is 0. The third kappa shape index (κ3) is 13.2. The first-order chi connectivity index (χ1) is 4.31. The van der Waals surface area contributed by atoms with Crippen LogP contribution in [0.1, 0.15) is 20.3 Å². The summed E-state index contributed by atoms with van der Waals surface area (Å²) in [5.41, 5.74) is 0. The molecule has 0 saturated heterocycles. The molecular weight excluding hydrogens is 155 g/mol. The van der Waals surface area contributed by atoms with Gasteiger partial charge in [0, 0.05) is 0 Å². The zero-order valence-electron chi connectivity index (χ0n) is 7.26. The molecule has 0 unspecified atom stereocenters. The van der Waals surface area contributed by atoms with Gasteiger partial charge in [-0.2, -0.15) is 0 Å². The Balaban J connectivity index is -0.000000320. The van der Waals surface area contributed by atoms with E-state index in [4.69, 9.17) is 0 Å². The number of hydrogen-bond acceptors (Lipinski definition) is 3. The third-order valence-electron chi connectivity index (χ3n) is 0.699. The Labute approximate surface area is 89.4 Å². The van der Waals surface area contributed by atoms with E-state index < -0.39 is 0 Å². The fourth-order valence-electron chi connectivity index (χ4n) is 0.358. The molecule has 0 atom stereocenters. The van der Waals surface area contributed by atoms with Crippen molar-refractivity contribution in [3.63, 3.8) is 0 Å². The van der Waals surface area contributed by atoms with Gasteiger partial charge in [0.25, 0.3) is 0 Å². The Kier molecular flexibility index (Phi) is 20.2. The standard InChI is InChI=1S/C7H11O2.Na.H2O/c1-3-5-6-7(8)9-4-2;;/h5H,3-4H2,1-2H3;;1H2/q-1;+1;/p-1. The number of ether oxygens (including phenoxy) is 1. The number of carbonyl (C=O) groups is 1. The van der Waals surface area contributed by atoms with E-state index in [0.29, 0.717) is 6.61 Å². The SMILES string of the molecule is CCC=[C-]C(=O)OCC.[Na+].[OH-]. The molecule has 0 aliphatic carbocycles. The first kappa shape index (κ1) is 17.3. The quantitative estimate of drug-likeness (QED) is 0.214. The van der Waals surface area contributed by atoms with Crippen LogP contribution in [-0.4, -0.2) is 18.1 Å². The molecule has 0 heterocycles. The molecule has 3 nitrogen and oxygen atoms in total. The van der Waals surface area contributed by atoms with Crippen molar-refractivity contribution in [1.82, 2.24) is 0 Å². The minimum Gasteiger partial charge on any atom is -0.870 e. The summed E-state index contributed by atoms with van der Waals surface area (Å²) in [6, 6.07) is 0. The van der Waals surface area contributed by atoms with Crippen LogP contribution in [0.15, 0.2) is 6.08 Å². The maximum atomic E-state index is 10.4. The zero-order valence-corrected chi connectivity index (χ0v) is 9.26. The molecule has 11 heavy (non-hydrogen) atoms. The van der Waals surface area contributed by atoms with Gasteiger partial charge in [-0.1, -0.05) is 13.3 Å². The second-order valence-corrected chi connectivity index (χ2v) is 1.48. The topological polar surface area (TPSA) is 56.3 Å². The van der Waals surface area contributed by atoms with Crippen LogP contribution in [0.25, 0.3) is 0 Å². The Morgan fingerprint density at radius 3 is 2.45 bits per heavy atom. The predicted octanol–water partition coefficient (Wildman–Crippen LogP) is -1.85. The van der Waals surface area contributed by atoms with E-state index >= 15 is 0 Å². The van der Waals surface area contributed by atoms with Crippen molar-refractivity contribution in [3.05, 3.63) is 12.2 Å². The molecule has 0 aliphatic rings. The first-order valence-electron chi connectivity index (χ1n) is 3.06. The van der Waals surface area contributed by atoms with Gasteiger partial charge in [-0.15, -0.1) is 0 Å². The molecule has 0 spiro atoms. The smallest absolute Gasteiger partial charge is 0.870 e. The van der Waals surface area contributed by atoms with E-state index in [9.17, 15) is 4.79 Å². The van der Waals surface area contributed by atoms with E-state index in [-0.39, 0.29) is 41.0 Å². The maximum Gasteiger partial charge on any atom is 1.00 e. The maximum absolute atomic E-state index is 10.4. The third-order valence-corrected chi connectivity index (χ3v) is 0.699. The van der Waals surface area contributed by atoms with Crippen molar-refractivity contribution >= 4 is 5.97 Å². The fraction of sp³-hybridized carbons (Fsp3) is 0.571. The van der Waals surface area contributed by atoms with Crippen molar-refractivity contribution in [2.45, 2.75) is 20.3 Å². The monoisotopic (exact) mass is 167 g/mol. The molecule has 0 radical (unpaired) electrons. The minimum absolute atomic E-state index is 0. The number of esters is 1. The van der Waals surface area contributed by atoms with Gasteiger partial charge in [-0.3, -0.25) is 10.9 Å². The van der Waals surface area contributed by atoms with Crippen LogP contribution in [0.5, 0.6) is 0 Å². The summed E-state index contributed by atoms with van der Waals surface area (Å²) in [5.74, 6) is -0.376. The summed E-state index contributed by atoms with van der Waals surface area (Å²) in [6.45, 7) is 4.13. The number of rotatable bonds is 3. The van der Waals surface area contributed by atoms with Crippen LogP contribution in [0.3, 0.4) is 0 Å². The fourth-order valence-corrected chi connectivity index (χ4v) is 0.358. The van der Waals surface area contributed by atoms with Crippen LogP contribution in [0.2, 0.25) is 0 Å². The van der Waals surface area contributed by atoms with Crippen molar-refractivity contribution in [3.8, 4) is 0 Å². The first-order valence-corrected chi connectivity index (χ1v) is 3.06. The van der Waals surface area contributed by atoms with Crippen LogP contribution in [0, 0.1) is 6.08 Å². The van der Waals surface area contributed by atoms with Gasteiger partial charge in [-0.05, 0) is 6.92 Å². The zero-order chi connectivity index (χ0) is 7.11. The van der Waals surface area contributed by atoms with Crippen LogP contribution in [0.4, 0.5) is 0 Å². The molecule has 0 fully saturated rings. The van der Waals surface area contributed by atoms with E-state index in [0.717, 1.165) is 6.42 Å².